The van der Waals surface area contributed by atoms with Crippen molar-refractivity contribution in [1.29, 1.82) is 0 Å². The second-order valence-corrected chi connectivity index (χ2v) is 24.7. The van der Waals surface area contributed by atoms with Gasteiger partial charge in [0.15, 0.2) is 0 Å². The predicted molar refractivity (Wildman–Crippen MR) is 364 cm³/mol. The summed E-state index contributed by atoms with van der Waals surface area (Å²) in [6, 6.07) is 24.2. The van der Waals surface area contributed by atoms with E-state index >= 15 is 0 Å². The number of ether oxygens (including phenoxy) is 3. The Morgan fingerprint density at radius 1 is 0.214 bits per heavy atom. The Balaban J connectivity index is 1.16. The van der Waals surface area contributed by atoms with E-state index in [2.05, 4.69) is 36.7 Å². The molecule has 0 atom stereocenters. The summed E-state index contributed by atoms with van der Waals surface area (Å²) in [5, 5.41) is 10.3. The zero-order chi connectivity index (χ0) is 59.1. The SMILES string of the molecule is CCCCCCCCCCCCCCCCCCOc1ccc(Nc2nc(Nc3ccc(OCCCCCCCCCCCCCCCCCC)cc3)nc(Nc3ccc(OCCCCCCCCCCCCCCCCCC)cc3)n2)cc1. The lowest BCUT2D eigenvalue weighted by molar-refractivity contribution is 0.304. The van der Waals surface area contributed by atoms with Crippen LogP contribution < -0.4 is 30.2 Å². The molecule has 0 saturated carbocycles. The van der Waals surface area contributed by atoms with Gasteiger partial charge in [-0.15, -0.1) is 0 Å². The standard InChI is InChI=1S/C75H126N6O3/c1-4-7-10-13-16-19-22-25-28-31-34-37-40-43-46-49-64-82-70-58-52-67(53-59-70)76-73-79-74(77-68-54-60-71(61-55-68)83-65-50-47-44-41-38-35-32-29-26-23-20-17-14-11-8-5-2)81-75(80-73)78-69-56-62-72(63-57-69)84-66-51-48-45-42-39-36-33-30-27-24-21-18-15-12-9-6-3/h52-63H,4-51,64-66H2,1-3H3,(H3,76,77,78,79,80,81). The van der Waals surface area contributed by atoms with Crippen LogP contribution in [0.5, 0.6) is 17.2 Å². The molecule has 0 aliphatic heterocycles. The number of aromatic nitrogens is 3. The molecule has 9 heteroatoms. The topological polar surface area (TPSA) is 102 Å². The van der Waals surface area contributed by atoms with Gasteiger partial charge in [0.2, 0.25) is 17.8 Å². The number of nitrogens with one attached hydrogen (secondary N) is 3. The molecule has 0 amide bonds. The third-order valence-electron chi connectivity index (χ3n) is 16.8. The van der Waals surface area contributed by atoms with Gasteiger partial charge in [-0.2, -0.15) is 15.0 Å². The van der Waals surface area contributed by atoms with E-state index in [1.807, 2.05) is 72.8 Å². The van der Waals surface area contributed by atoms with Crippen molar-refractivity contribution in [2.24, 2.45) is 0 Å². The minimum Gasteiger partial charge on any atom is -0.494 e. The van der Waals surface area contributed by atoms with Crippen LogP contribution in [0, 0.1) is 0 Å². The lowest BCUT2D eigenvalue weighted by atomic mass is 10.0. The third kappa shape index (κ3) is 40.0. The largest absolute Gasteiger partial charge is 0.494 e. The van der Waals surface area contributed by atoms with Crippen LogP contribution in [0.1, 0.15) is 329 Å². The lowest BCUT2D eigenvalue weighted by Gasteiger charge is -2.13. The van der Waals surface area contributed by atoms with Crippen LogP contribution in [0.3, 0.4) is 0 Å². The van der Waals surface area contributed by atoms with Crippen molar-refractivity contribution in [3.05, 3.63) is 72.8 Å². The molecule has 0 saturated heterocycles. The molecule has 4 aromatic rings. The molecule has 9 nitrogen and oxygen atoms in total. The first-order valence-electron chi connectivity index (χ1n) is 35.9. The molecule has 474 valence electrons. The molecule has 1 heterocycles. The van der Waals surface area contributed by atoms with Crippen LogP contribution in [0.15, 0.2) is 72.8 Å². The maximum atomic E-state index is 6.15. The second-order valence-electron chi connectivity index (χ2n) is 24.7. The average Bonchev–Trinajstić information content (AvgIpc) is 3.70. The number of benzene rings is 3. The summed E-state index contributed by atoms with van der Waals surface area (Å²) < 4.78 is 18.5. The summed E-state index contributed by atoms with van der Waals surface area (Å²) in [7, 11) is 0. The Morgan fingerprint density at radius 3 is 0.536 bits per heavy atom. The maximum absolute atomic E-state index is 6.15. The Bertz CT molecular complexity index is 1800. The molecular formula is C75H126N6O3. The van der Waals surface area contributed by atoms with Crippen LogP contribution in [0.2, 0.25) is 0 Å². The van der Waals surface area contributed by atoms with Gasteiger partial charge in [-0.1, -0.05) is 310 Å². The fraction of sp³-hybridized carbons (Fsp3) is 0.720. The maximum Gasteiger partial charge on any atom is 0.233 e. The monoisotopic (exact) mass is 1160 g/mol. The van der Waals surface area contributed by atoms with E-state index in [1.54, 1.807) is 0 Å². The minimum absolute atomic E-state index is 0.425. The zero-order valence-electron chi connectivity index (χ0n) is 54.6. The van der Waals surface area contributed by atoms with E-state index in [-0.39, 0.29) is 0 Å². The van der Waals surface area contributed by atoms with Gasteiger partial charge in [0, 0.05) is 17.1 Å². The Hall–Kier alpha value is -4.53. The normalized spacial score (nSPS) is 11.3. The van der Waals surface area contributed by atoms with E-state index in [1.165, 1.54) is 289 Å². The number of nitrogens with zero attached hydrogens (tertiary/aromatic N) is 3. The van der Waals surface area contributed by atoms with Gasteiger partial charge in [-0.05, 0) is 92.1 Å². The van der Waals surface area contributed by atoms with Crippen molar-refractivity contribution >= 4 is 34.9 Å². The van der Waals surface area contributed by atoms with Crippen molar-refractivity contribution in [3.8, 4) is 17.2 Å². The number of hydrogen-bond acceptors (Lipinski definition) is 9. The van der Waals surface area contributed by atoms with Crippen LogP contribution in [-0.4, -0.2) is 34.8 Å². The highest BCUT2D eigenvalue weighted by Gasteiger charge is 2.11. The molecule has 0 unspecified atom stereocenters. The van der Waals surface area contributed by atoms with Crippen molar-refractivity contribution in [3.63, 3.8) is 0 Å². The molecule has 4 rings (SSSR count). The molecule has 0 fully saturated rings. The van der Waals surface area contributed by atoms with E-state index in [0.29, 0.717) is 17.8 Å². The van der Waals surface area contributed by atoms with Crippen LogP contribution >= 0.6 is 0 Å². The van der Waals surface area contributed by atoms with Crippen LogP contribution in [-0.2, 0) is 0 Å². The second kappa shape index (κ2) is 52.8. The molecule has 0 aliphatic rings. The van der Waals surface area contributed by atoms with Crippen molar-refractivity contribution < 1.29 is 14.2 Å². The van der Waals surface area contributed by atoms with E-state index < -0.39 is 0 Å². The summed E-state index contributed by atoms with van der Waals surface area (Å²) in [4.78, 5) is 14.4. The molecule has 84 heavy (non-hydrogen) atoms. The molecule has 0 bridgehead atoms. The first kappa shape index (κ1) is 71.9. The molecule has 0 radical (unpaired) electrons. The molecule has 0 aliphatic carbocycles. The van der Waals surface area contributed by atoms with Crippen LogP contribution in [0.4, 0.5) is 34.9 Å². The number of rotatable bonds is 60. The van der Waals surface area contributed by atoms with E-state index in [9.17, 15) is 0 Å². The molecule has 0 spiro atoms. The smallest absolute Gasteiger partial charge is 0.233 e. The minimum atomic E-state index is 0.425. The van der Waals surface area contributed by atoms with Gasteiger partial charge in [-0.3, -0.25) is 0 Å². The van der Waals surface area contributed by atoms with Crippen LogP contribution in [0.25, 0.3) is 0 Å². The van der Waals surface area contributed by atoms with Crippen molar-refractivity contribution in [2.75, 3.05) is 35.8 Å². The predicted octanol–water partition coefficient (Wildman–Crippen LogP) is 25.0. The first-order chi connectivity index (χ1) is 41.6. The summed E-state index contributed by atoms with van der Waals surface area (Å²) in [5.74, 6) is 3.89. The Labute approximate surface area is 516 Å². The number of hydrogen-bond donors (Lipinski definition) is 3. The highest BCUT2D eigenvalue weighted by molar-refractivity contribution is 5.63. The summed E-state index contributed by atoms with van der Waals surface area (Å²) in [6.07, 6.45) is 65.6. The van der Waals surface area contributed by atoms with Gasteiger partial charge >= 0.3 is 0 Å². The first-order valence-corrected chi connectivity index (χ1v) is 35.9. The third-order valence-corrected chi connectivity index (χ3v) is 16.8. The number of anilines is 6. The molecule has 1 aromatic heterocycles. The van der Waals surface area contributed by atoms with Gasteiger partial charge in [0.1, 0.15) is 17.2 Å². The molecule has 3 N–H and O–H groups in total. The van der Waals surface area contributed by atoms with Crippen molar-refractivity contribution in [2.45, 2.75) is 329 Å². The van der Waals surface area contributed by atoms with E-state index in [0.717, 1.165) is 73.4 Å². The van der Waals surface area contributed by atoms with Gasteiger partial charge in [-0.25, -0.2) is 0 Å². The zero-order valence-corrected chi connectivity index (χ0v) is 54.6. The van der Waals surface area contributed by atoms with Gasteiger partial charge in [0.25, 0.3) is 0 Å². The summed E-state index contributed by atoms with van der Waals surface area (Å²) >= 11 is 0. The Morgan fingerprint density at radius 2 is 0.369 bits per heavy atom. The summed E-state index contributed by atoms with van der Waals surface area (Å²) in [6.45, 7) is 9.10. The van der Waals surface area contributed by atoms with Gasteiger partial charge in [0.05, 0.1) is 19.8 Å². The molecular weight excluding hydrogens is 1030 g/mol. The average molecular weight is 1160 g/mol. The quantitative estimate of drug-likeness (QED) is 0.0373. The van der Waals surface area contributed by atoms with Gasteiger partial charge < -0.3 is 30.2 Å². The highest BCUT2D eigenvalue weighted by Crippen LogP contribution is 2.26. The fourth-order valence-corrected chi connectivity index (χ4v) is 11.4. The lowest BCUT2D eigenvalue weighted by Crippen LogP contribution is -2.07. The van der Waals surface area contributed by atoms with E-state index in [4.69, 9.17) is 29.2 Å². The fourth-order valence-electron chi connectivity index (χ4n) is 11.4. The molecule has 3 aromatic carbocycles. The Kier molecular flexibility index (Phi) is 45.2. The highest BCUT2D eigenvalue weighted by atomic mass is 16.5. The van der Waals surface area contributed by atoms with Crippen molar-refractivity contribution in [1.82, 2.24) is 15.0 Å². The number of unbranched alkanes of at least 4 members (excludes halogenated alkanes) is 45. The summed E-state index contributed by atoms with van der Waals surface area (Å²) in [5.41, 5.74) is 2.60.